The van der Waals surface area contributed by atoms with Crippen molar-refractivity contribution in [3.05, 3.63) is 34.1 Å². The zero-order valence-corrected chi connectivity index (χ0v) is 12.2. The van der Waals surface area contributed by atoms with E-state index in [1.165, 1.54) is 25.3 Å². The molecule has 18 heavy (non-hydrogen) atoms. The van der Waals surface area contributed by atoms with E-state index in [2.05, 4.69) is 21.2 Å². The van der Waals surface area contributed by atoms with Crippen LogP contribution in [0.15, 0.2) is 22.7 Å². The van der Waals surface area contributed by atoms with Crippen LogP contribution in [0.2, 0.25) is 0 Å². The molecule has 0 aromatic heterocycles. The molecule has 0 amide bonds. The van der Waals surface area contributed by atoms with Crippen molar-refractivity contribution in [2.24, 2.45) is 17.8 Å². The van der Waals surface area contributed by atoms with Crippen LogP contribution in [0.4, 0.5) is 4.39 Å². The zero-order valence-electron chi connectivity index (χ0n) is 10.6. The van der Waals surface area contributed by atoms with Gasteiger partial charge in [-0.2, -0.15) is 0 Å². The van der Waals surface area contributed by atoms with Gasteiger partial charge in [-0.15, -0.1) is 0 Å². The van der Waals surface area contributed by atoms with Gasteiger partial charge in [-0.3, -0.25) is 0 Å². The smallest absolute Gasteiger partial charge is 0.137 e. The number of halogens is 2. The second-order valence-corrected chi connectivity index (χ2v) is 6.44. The lowest BCUT2D eigenvalue weighted by Gasteiger charge is -2.19. The second-order valence-electron chi connectivity index (χ2n) is 5.65. The van der Waals surface area contributed by atoms with E-state index in [1.807, 2.05) is 13.1 Å². The Morgan fingerprint density at radius 3 is 2.78 bits per heavy atom. The van der Waals surface area contributed by atoms with Gasteiger partial charge < -0.3 is 5.32 Å². The molecule has 3 atom stereocenters. The fraction of sp³-hybridized carbons (Fsp3) is 0.600. The molecule has 98 valence electrons. The van der Waals surface area contributed by atoms with Crippen molar-refractivity contribution in [2.45, 2.75) is 31.7 Å². The first-order chi connectivity index (χ1) is 8.72. The van der Waals surface area contributed by atoms with Gasteiger partial charge in [0.15, 0.2) is 0 Å². The molecule has 1 nitrogen and oxygen atoms in total. The van der Waals surface area contributed by atoms with E-state index >= 15 is 0 Å². The Morgan fingerprint density at radius 1 is 1.39 bits per heavy atom. The standard InChI is InChI=1S/C15H19BrFN/c1-18-13(14-10-5-3-6-11(10)14)8-9-4-2-7-12(17)15(9)16/h2,4,7,10-11,13-14,18H,3,5-6,8H2,1H3. The first-order valence-electron chi connectivity index (χ1n) is 6.82. The highest BCUT2D eigenvalue weighted by molar-refractivity contribution is 9.10. The Bertz CT molecular complexity index is 438. The molecule has 1 aromatic carbocycles. The summed E-state index contributed by atoms with van der Waals surface area (Å²) in [6.45, 7) is 0. The van der Waals surface area contributed by atoms with Crippen LogP contribution in [0.3, 0.4) is 0 Å². The van der Waals surface area contributed by atoms with Crippen molar-refractivity contribution in [3.63, 3.8) is 0 Å². The van der Waals surface area contributed by atoms with Crippen LogP contribution >= 0.6 is 15.9 Å². The predicted molar refractivity (Wildman–Crippen MR) is 75.0 cm³/mol. The molecule has 0 saturated heterocycles. The fourth-order valence-corrected chi connectivity index (χ4v) is 4.27. The monoisotopic (exact) mass is 311 g/mol. The molecule has 0 heterocycles. The summed E-state index contributed by atoms with van der Waals surface area (Å²) >= 11 is 3.37. The highest BCUT2D eigenvalue weighted by Crippen LogP contribution is 2.59. The largest absolute Gasteiger partial charge is 0.316 e. The maximum absolute atomic E-state index is 13.5. The van der Waals surface area contributed by atoms with E-state index in [0.29, 0.717) is 10.5 Å². The van der Waals surface area contributed by atoms with Gasteiger partial charge in [-0.1, -0.05) is 18.6 Å². The first-order valence-corrected chi connectivity index (χ1v) is 7.62. The molecule has 1 aromatic rings. The Kier molecular flexibility index (Phi) is 3.46. The highest BCUT2D eigenvalue weighted by atomic mass is 79.9. The summed E-state index contributed by atoms with van der Waals surface area (Å²) in [4.78, 5) is 0. The molecule has 3 unspecified atom stereocenters. The van der Waals surface area contributed by atoms with E-state index in [-0.39, 0.29) is 5.82 Å². The molecule has 2 aliphatic carbocycles. The first kappa shape index (κ1) is 12.6. The summed E-state index contributed by atoms with van der Waals surface area (Å²) in [5.41, 5.74) is 1.08. The minimum Gasteiger partial charge on any atom is -0.316 e. The average molecular weight is 312 g/mol. The lowest BCUT2D eigenvalue weighted by atomic mass is 9.97. The van der Waals surface area contributed by atoms with Crippen LogP contribution in [-0.2, 0) is 6.42 Å². The number of benzene rings is 1. The molecule has 0 bridgehead atoms. The van der Waals surface area contributed by atoms with Gasteiger partial charge in [-0.05, 0) is 71.6 Å². The number of nitrogens with one attached hydrogen (secondary N) is 1. The van der Waals surface area contributed by atoms with Gasteiger partial charge in [-0.25, -0.2) is 4.39 Å². The molecule has 2 aliphatic rings. The third kappa shape index (κ3) is 2.12. The Labute approximate surface area is 116 Å². The second kappa shape index (κ2) is 4.93. The summed E-state index contributed by atoms with van der Waals surface area (Å²) in [5, 5.41) is 3.44. The molecule has 0 spiro atoms. The van der Waals surface area contributed by atoms with Crippen LogP contribution in [-0.4, -0.2) is 13.1 Å². The number of hydrogen-bond donors (Lipinski definition) is 1. The van der Waals surface area contributed by atoms with Gasteiger partial charge in [0.1, 0.15) is 5.82 Å². The third-order valence-corrected chi connectivity index (χ3v) is 5.67. The van der Waals surface area contributed by atoms with Crippen molar-refractivity contribution >= 4 is 15.9 Å². The molecular formula is C15H19BrFN. The minimum atomic E-state index is -0.154. The molecule has 3 heteroatoms. The molecule has 3 rings (SSSR count). The fourth-order valence-electron chi connectivity index (χ4n) is 3.85. The van der Waals surface area contributed by atoms with Gasteiger partial charge >= 0.3 is 0 Å². The maximum atomic E-state index is 13.5. The minimum absolute atomic E-state index is 0.154. The number of fused-ring (bicyclic) bond motifs is 1. The van der Waals surface area contributed by atoms with Crippen LogP contribution in [0.1, 0.15) is 24.8 Å². The van der Waals surface area contributed by atoms with Crippen molar-refractivity contribution in [1.82, 2.24) is 5.32 Å². The lowest BCUT2D eigenvalue weighted by Crippen LogP contribution is -2.31. The SMILES string of the molecule is CNC(Cc1cccc(F)c1Br)C1C2CCCC21. The van der Waals surface area contributed by atoms with E-state index in [1.54, 1.807) is 6.07 Å². The molecule has 2 saturated carbocycles. The third-order valence-electron chi connectivity index (χ3n) is 4.78. The number of rotatable bonds is 4. The molecule has 0 aliphatic heterocycles. The molecule has 2 fully saturated rings. The number of hydrogen-bond acceptors (Lipinski definition) is 1. The zero-order chi connectivity index (χ0) is 12.7. The molecular weight excluding hydrogens is 293 g/mol. The maximum Gasteiger partial charge on any atom is 0.137 e. The predicted octanol–water partition coefficient (Wildman–Crippen LogP) is 3.76. The highest BCUT2D eigenvalue weighted by Gasteiger charge is 2.55. The topological polar surface area (TPSA) is 12.0 Å². The van der Waals surface area contributed by atoms with Gasteiger partial charge in [0.25, 0.3) is 0 Å². The van der Waals surface area contributed by atoms with Gasteiger partial charge in [0, 0.05) is 6.04 Å². The summed E-state index contributed by atoms with van der Waals surface area (Å²) < 4.78 is 14.1. The van der Waals surface area contributed by atoms with Crippen molar-refractivity contribution in [1.29, 1.82) is 0 Å². The lowest BCUT2D eigenvalue weighted by molar-refractivity contribution is 0.427. The molecule has 0 radical (unpaired) electrons. The average Bonchev–Trinajstić information content (AvgIpc) is 2.84. The Morgan fingerprint density at radius 2 is 2.11 bits per heavy atom. The van der Waals surface area contributed by atoms with E-state index < -0.39 is 0 Å². The van der Waals surface area contributed by atoms with E-state index in [0.717, 1.165) is 29.7 Å². The van der Waals surface area contributed by atoms with Crippen LogP contribution < -0.4 is 5.32 Å². The quantitative estimate of drug-likeness (QED) is 0.892. The summed E-state index contributed by atoms with van der Waals surface area (Å²) in [5.74, 6) is 2.54. The van der Waals surface area contributed by atoms with Crippen molar-refractivity contribution in [3.8, 4) is 0 Å². The summed E-state index contributed by atoms with van der Waals surface area (Å²) in [6, 6.07) is 5.83. The summed E-state index contributed by atoms with van der Waals surface area (Å²) in [7, 11) is 2.03. The normalized spacial score (nSPS) is 31.2. The van der Waals surface area contributed by atoms with Crippen LogP contribution in [0.25, 0.3) is 0 Å². The van der Waals surface area contributed by atoms with E-state index in [4.69, 9.17) is 0 Å². The van der Waals surface area contributed by atoms with Crippen molar-refractivity contribution < 1.29 is 4.39 Å². The molecule has 1 N–H and O–H groups in total. The Hall–Kier alpha value is -0.410. The van der Waals surface area contributed by atoms with Gasteiger partial charge in [0.2, 0.25) is 0 Å². The number of likely N-dealkylation sites (N-methyl/N-ethyl adjacent to an activating group) is 1. The van der Waals surface area contributed by atoms with Crippen molar-refractivity contribution in [2.75, 3.05) is 7.05 Å². The Balaban J connectivity index is 1.72. The van der Waals surface area contributed by atoms with E-state index in [9.17, 15) is 4.39 Å². The van der Waals surface area contributed by atoms with Crippen LogP contribution in [0, 0.1) is 23.6 Å². The summed E-state index contributed by atoms with van der Waals surface area (Å²) in [6.07, 6.45) is 5.13. The van der Waals surface area contributed by atoms with Crippen LogP contribution in [0.5, 0.6) is 0 Å². The van der Waals surface area contributed by atoms with Gasteiger partial charge in [0.05, 0.1) is 4.47 Å².